The number of sulfone groups is 1. The van der Waals surface area contributed by atoms with Gasteiger partial charge >= 0.3 is 0 Å². The second-order valence-electron chi connectivity index (χ2n) is 6.04. The third-order valence-electron chi connectivity index (χ3n) is 4.13. The molecule has 1 unspecified atom stereocenters. The van der Waals surface area contributed by atoms with Gasteiger partial charge in [0, 0.05) is 12.0 Å². The maximum absolute atomic E-state index is 12.8. The molecule has 1 aromatic heterocycles. The molecule has 0 spiro atoms. The van der Waals surface area contributed by atoms with E-state index >= 15 is 0 Å². The molecule has 7 nitrogen and oxygen atoms in total. The summed E-state index contributed by atoms with van der Waals surface area (Å²) in [5.74, 6) is 1.58. The summed E-state index contributed by atoms with van der Waals surface area (Å²) in [7, 11) is -3.54. The molecule has 2 heterocycles. The first-order chi connectivity index (χ1) is 12.0. The molecule has 136 valence electrons. The molecule has 25 heavy (non-hydrogen) atoms. The van der Waals surface area contributed by atoms with Gasteiger partial charge < -0.3 is 14.0 Å². The van der Waals surface area contributed by atoms with Crippen molar-refractivity contribution in [2.45, 2.75) is 44.1 Å². The van der Waals surface area contributed by atoms with Gasteiger partial charge in [0.1, 0.15) is 18.5 Å². The molecular formula is C17H22N2O5S. The van der Waals surface area contributed by atoms with E-state index in [1.807, 2.05) is 0 Å². The highest BCUT2D eigenvalue weighted by Crippen LogP contribution is 2.36. The van der Waals surface area contributed by atoms with Crippen LogP contribution in [0.4, 0.5) is 0 Å². The number of unbranched alkanes of at least 4 members (excludes halogenated alkanes) is 1. The van der Waals surface area contributed by atoms with Crippen molar-refractivity contribution in [2.75, 3.05) is 13.2 Å². The zero-order valence-corrected chi connectivity index (χ0v) is 15.2. The fourth-order valence-electron chi connectivity index (χ4n) is 2.61. The summed E-state index contributed by atoms with van der Waals surface area (Å²) < 4.78 is 41.8. The predicted octanol–water partition coefficient (Wildman–Crippen LogP) is 2.86. The van der Waals surface area contributed by atoms with E-state index in [0.717, 1.165) is 12.8 Å². The second kappa shape index (κ2) is 7.43. The van der Waals surface area contributed by atoms with Crippen LogP contribution in [0.1, 0.15) is 49.2 Å². The van der Waals surface area contributed by atoms with Crippen molar-refractivity contribution in [1.82, 2.24) is 10.1 Å². The lowest BCUT2D eigenvalue weighted by molar-refractivity contribution is 0.170. The van der Waals surface area contributed by atoms with Crippen molar-refractivity contribution >= 4 is 9.84 Å². The van der Waals surface area contributed by atoms with Crippen LogP contribution in [-0.2, 0) is 22.0 Å². The number of para-hydroxylation sites is 1. The molecule has 0 saturated heterocycles. The molecule has 0 aliphatic carbocycles. The largest absolute Gasteiger partial charge is 0.486 e. The van der Waals surface area contributed by atoms with Crippen LogP contribution in [0.2, 0.25) is 0 Å². The number of aryl methyl sites for hydroxylation is 1. The van der Waals surface area contributed by atoms with Gasteiger partial charge in [0.15, 0.2) is 27.2 Å². The van der Waals surface area contributed by atoms with Crippen LogP contribution in [0.25, 0.3) is 0 Å². The fraction of sp³-hybridized carbons (Fsp3) is 0.529. The van der Waals surface area contributed by atoms with Gasteiger partial charge in [0.05, 0.1) is 5.75 Å². The Bertz CT molecular complexity index is 831. The average Bonchev–Trinajstić information content (AvgIpc) is 3.08. The van der Waals surface area contributed by atoms with E-state index in [2.05, 4.69) is 17.1 Å². The normalized spacial score (nSPS) is 15.1. The minimum Gasteiger partial charge on any atom is -0.486 e. The van der Waals surface area contributed by atoms with Crippen molar-refractivity contribution in [2.24, 2.45) is 0 Å². The van der Waals surface area contributed by atoms with Crippen molar-refractivity contribution in [3.63, 3.8) is 0 Å². The summed E-state index contributed by atoms with van der Waals surface area (Å²) >= 11 is 0. The Morgan fingerprint density at radius 3 is 2.84 bits per heavy atom. The highest BCUT2D eigenvalue weighted by Gasteiger charge is 2.30. The second-order valence-corrected chi connectivity index (χ2v) is 8.36. The molecule has 3 rings (SSSR count). The van der Waals surface area contributed by atoms with Crippen LogP contribution >= 0.6 is 0 Å². The van der Waals surface area contributed by atoms with Crippen LogP contribution in [0.15, 0.2) is 22.7 Å². The molecule has 0 bridgehead atoms. The first kappa shape index (κ1) is 17.7. The van der Waals surface area contributed by atoms with Crippen LogP contribution in [0.5, 0.6) is 11.5 Å². The quantitative estimate of drug-likeness (QED) is 0.744. The van der Waals surface area contributed by atoms with E-state index in [-0.39, 0.29) is 11.6 Å². The number of hydrogen-bond donors (Lipinski definition) is 0. The lowest BCUT2D eigenvalue weighted by atomic mass is 10.2. The Kier molecular flexibility index (Phi) is 5.27. The lowest BCUT2D eigenvalue weighted by Gasteiger charge is -2.21. The standard InChI is InChI=1S/C17H22N2O5S/c1-3-4-8-15-18-17(24-19-15)12(2)25(20,21)11-13-6-5-7-14-16(13)23-10-9-22-14/h5-7,12H,3-4,8-11H2,1-2H3. The summed E-state index contributed by atoms with van der Waals surface area (Å²) in [6.07, 6.45) is 2.64. The van der Waals surface area contributed by atoms with Crippen molar-refractivity contribution in [3.8, 4) is 11.5 Å². The van der Waals surface area contributed by atoms with Gasteiger partial charge in [-0.25, -0.2) is 8.42 Å². The minimum absolute atomic E-state index is 0.132. The number of rotatable bonds is 7. The zero-order valence-electron chi connectivity index (χ0n) is 14.4. The SMILES string of the molecule is CCCCc1noc(C(C)S(=O)(=O)Cc2cccc3c2OCCO3)n1. The third kappa shape index (κ3) is 3.95. The molecule has 1 atom stereocenters. The van der Waals surface area contributed by atoms with E-state index in [9.17, 15) is 8.42 Å². The molecule has 0 radical (unpaired) electrons. The van der Waals surface area contributed by atoms with Crippen molar-refractivity contribution in [3.05, 3.63) is 35.5 Å². The Balaban J connectivity index is 1.79. The van der Waals surface area contributed by atoms with Gasteiger partial charge in [0.25, 0.3) is 0 Å². The van der Waals surface area contributed by atoms with Crippen LogP contribution in [0.3, 0.4) is 0 Å². The van der Waals surface area contributed by atoms with Crippen LogP contribution in [0, 0.1) is 0 Å². The minimum atomic E-state index is -3.54. The third-order valence-corrected chi connectivity index (χ3v) is 6.12. The highest BCUT2D eigenvalue weighted by atomic mass is 32.2. The number of benzene rings is 1. The maximum Gasteiger partial charge on any atom is 0.244 e. The van der Waals surface area contributed by atoms with Gasteiger partial charge in [-0.1, -0.05) is 30.6 Å². The number of aromatic nitrogens is 2. The van der Waals surface area contributed by atoms with Gasteiger partial charge in [-0.3, -0.25) is 0 Å². The first-order valence-electron chi connectivity index (χ1n) is 8.43. The molecule has 0 saturated carbocycles. The topological polar surface area (TPSA) is 91.5 Å². The zero-order chi connectivity index (χ0) is 17.9. The van der Waals surface area contributed by atoms with E-state index in [4.69, 9.17) is 14.0 Å². The predicted molar refractivity (Wildman–Crippen MR) is 91.4 cm³/mol. The van der Waals surface area contributed by atoms with E-state index in [1.54, 1.807) is 25.1 Å². The monoisotopic (exact) mass is 366 g/mol. The van der Waals surface area contributed by atoms with Crippen molar-refractivity contribution < 1.29 is 22.4 Å². The van der Waals surface area contributed by atoms with Gasteiger partial charge in [-0.2, -0.15) is 4.98 Å². The number of ether oxygens (including phenoxy) is 2. The Morgan fingerprint density at radius 1 is 1.24 bits per heavy atom. The van der Waals surface area contributed by atoms with Crippen molar-refractivity contribution in [1.29, 1.82) is 0 Å². The summed E-state index contributed by atoms with van der Waals surface area (Å²) in [6.45, 7) is 4.51. The Hall–Kier alpha value is -2.09. The number of nitrogens with zero attached hydrogens (tertiary/aromatic N) is 2. The van der Waals surface area contributed by atoms with E-state index < -0.39 is 15.1 Å². The smallest absolute Gasteiger partial charge is 0.244 e. The molecule has 0 N–H and O–H groups in total. The summed E-state index contributed by atoms with van der Waals surface area (Å²) in [5.41, 5.74) is 0.578. The van der Waals surface area contributed by atoms with Gasteiger partial charge in [-0.15, -0.1) is 0 Å². The summed E-state index contributed by atoms with van der Waals surface area (Å²) in [6, 6.07) is 5.27. The van der Waals surface area contributed by atoms with E-state index in [1.165, 1.54) is 0 Å². The van der Waals surface area contributed by atoms with Gasteiger partial charge in [0.2, 0.25) is 5.89 Å². The first-order valence-corrected chi connectivity index (χ1v) is 10.1. The number of hydrogen-bond acceptors (Lipinski definition) is 7. The maximum atomic E-state index is 12.8. The fourth-order valence-corrected chi connectivity index (χ4v) is 3.93. The molecule has 1 aliphatic heterocycles. The molecule has 1 aromatic carbocycles. The molecule has 2 aromatic rings. The lowest BCUT2D eigenvalue weighted by Crippen LogP contribution is -2.18. The summed E-state index contributed by atoms with van der Waals surface area (Å²) in [5, 5.41) is 2.99. The Labute approximate surface area is 147 Å². The highest BCUT2D eigenvalue weighted by molar-refractivity contribution is 7.90. The number of fused-ring (bicyclic) bond motifs is 1. The van der Waals surface area contributed by atoms with Crippen LogP contribution in [-0.4, -0.2) is 31.8 Å². The molecule has 0 amide bonds. The average molecular weight is 366 g/mol. The van der Waals surface area contributed by atoms with E-state index in [0.29, 0.717) is 42.5 Å². The van der Waals surface area contributed by atoms with Gasteiger partial charge in [-0.05, 0) is 19.4 Å². The Morgan fingerprint density at radius 2 is 2.04 bits per heavy atom. The molecule has 8 heteroatoms. The molecular weight excluding hydrogens is 344 g/mol. The summed E-state index contributed by atoms with van der Waals surface area (Å²) in [4.78, 5) is 4.23. The molecule has 0 fully saturated rings. The van der Waals surface area contributed by atoms with Crippen LogP contribution < -0.4 is 9.47 Å². The molecule has 1 aliphatic rings.